The highest BCUT2D eigenvalue weighted by Crippen LogP contribution is 2.22. The van der Waals surface area contributed by atoms with Crippen molar-refractivity contribution in [2.75, 3.05) is 4.72 Å². The number of rotatable bonds is 6. The minimum absolute atomic E-state index is 0.163. The molecular formula is C20H19N3O3S. The van der Waals surface area contributed by atoms with Gasteiger partial charge in [0.15, 0.2) is 0 Å². The monoisotopic (exact) mass is 381 g/mol. The summed E-state index contributed by atoms with van der Waals surface area (Å²) in [6, 6.07) is 16.7. The van der Waals surface area contributed by atoms with Crippen molar-refractivity contribution < 1.29 is 13.2 Å². The van der Waals surface area contributed by atoms with E-state index in [2.05, 4.69) is 15.0 Å². The van der Waals surface area contributed by atoms with Crippen molar-refractivity contribution in [3.63, 3.8) is 0 Å². The lowest BCUT2D eigenvalue weighted by Crippen LogP contribution is -2.24. The van der Waals surface area contributed by atoms with E-state index >= 15 is 0 Å². The second-order valence-corrected chi connectivity index (χ2v) is 7.62. The normalized spacial score (nSPS) is 11.0. The smallest absolute Gasteiger partial charge is 0.261 e. The Morgan fingerprint density at radius 2 is 1.78 bits per heavy atom. The van der Waals surface area contributed by atoms with E-state index in [0.29, 0.717) is 23.4 Å². The summed E-state index contributed by atoms with van der Waals surface area (Å²) in [5.41, 5.74) is 2.21. The number of hydrogen-bond donors (Lipinski definition) is 2. The molecular weight excluding hydrogens is 362 g/mol. The van der Waals surface area contributed by atoms with Crippen LogP contribution in [0.4, 0.5) is 5.69 Å². The predicted molar refractivity (Wildman–Crippen MR) is 104 cm³/mol. The molecule has 0 fully saturated rings. The quantitative estimate of drug-likeness (QED) is 0.687. The topological polar surface area (TPSA) is 88.2 Å². The highest BCUT2D eigenvalue weighted by Gasteiger charge is 2.17. The summed E-state index contributed by atoms with van der Waals surface area (Å²) in [6.07, 6.45) is 3.34. The van der Waals surface area contributed by atoms with E-state index in [-0.39, 0.29) is 10.8 Å². The van der Waals surface area contributed by atoms with Gasteiger partial charge in [0.25, 0.3) is 15.9 Å². The zero-order chi connectivity index (χ0) is 19.3. The third kappa shape index (κ3) is 4.51. The van der Waals surface area contributed by atoms with E-state index in [1.54, 1.807) is 61.8 Å². The first-order valence-corrected chi connectivity index (χ1v) is 9.80. The number of nitrogens with zero attached hydrogens (tertiary/aromatic N) is 1. The molecule has 0 spiro atoms. The van der Waals surface area contributed by atoms with Crippen LogP contribution in [0.1, 0.15) is 21.5 Å². The fraction of sp³-hybridized carbons (Fsp3) is 0.100. The van der Waals surface area contributed by atoms with Crippen LogP contribution in [0.2, 0.25) is 0 Å². The Morgan fingerprint density at radius 1 is 1.00 bits per heavy atom. The number of amides is 1. The zero-order valence-corrected chi connectivity index (χ0v) is 15.5. The Hall–Kier alpha value is -3.19. The molecule has 1 aromatic heterocycles. The van der Waals surface area contributed by atoms with Gasteiger partial charge < -0.3 is 5.32 Å². The minimum Gasteiger partial charge on any atom is -0.348 e. The number of sulfonamides is 1. The fourth-order valence-electron chi connectivity index (χ4n) is 2.58. The van der Waals surface area contributed by atoms with Gasteiger partial charge in [-0.15, -0.1) is 0 Å². The number of carbonyl (C=O) groups is 1. The first kappa shape index (κ1) is 18.6. The van der Waals surface area contributed by atoms with Crippen LogP contribution >= 0.6 is 0 Å². The van der Waals surface area contributed by atoms with Crippen molar-refractivity contribution in [1.29, 1.82) is 0 Å². The Morgan fingerprint density at radius 3 is 2.48 bits per heavy atom. The molecule has 138 valence electrons. The van der Waals surface area contributed by atoms with Crippen LogP contribution < -0.4 is 10.0 Å². The second-order valence-electron chi connectivity index (χ2n) is 5.94. The molecule has 0 saturated heterocycles. The highest BCUT2D eigenvalue weighted by molar-refractivity contribution is 7.92. The van der Waals surface area contributed by atoms with E-state index in [1.807, 2.05) is 6.07 Å². The summed E-state index contributed by atoms with van der Waals surface area (Å²) in [5.74, 6) is -0.280. The molecule has 0 aliphatic carbocycles. The van der Waals surface area contributed by atoms with Crippen LogP contribution in [-0.4, -0.2) is 19.3 Å². The molecule has 0 bridgehead atoms. The van der Waals surface area contributed by atoms with Crippen LogP contribution in [0.25, 0.3) is 0 Å². The summed E-state index contributed by atoms with van der Waals surface area (Å²) < 4.78 is 27.6. The number of pyridine rings is 1. The van der Waals surface area contributed by atoms with E-state index in [4.69, 9.17) is 0 Å². The van der Waals surface area contributed by atoms with Gasteiger partial charge in [-0.05, 0) is 48.4 Å². The fourth-order valence-corrected chi connectivity index (χ4v) is 3.72. The highest BCUT2D eigenvalue weighted by atomic mass is 32.2. The molecule has 0 aliphatic rings. The number of hydrogen-bond acceptors (Lipinski definition) is 4. The maximum Gasteiger partial charge on any atom is 0.261 e. The minimum atomic E-state index is -3.72. The molecule has 1 amide bonds. The van der Waals surface area contributed by atoms with Crippen LogP contribution in [0, 0.1) is 6.92 Å². The Labute approximate surface area is 158 Å². The maximum absolute atomic E-state index is 12.5. The molecule has 6 nitrogen and oxygen atoms in total. The number of benzene rings is 2. The lowest BCUT2D eigenvalue weighted by Gasteiger charge is -2.14. The van der Waals surface area contributed by atoms with Gasteiger partial charge in [0, 0.05) is 24.5 Å². The van der Waals surface area contributed by atoms with Crippen molar-refractivity contribution >= 4 is 21.6 Å². The number of anilines is 1. The standard InChI is InChI=1S/C20H19N3O3S/c1-15-18(20(24)22-14-16-7-6-12-21-13-16)10-5-11-19(15)23-27(25,26)17-8-3-2-4-9-17/h2-13,23H,14H2,1H3,(H,22,24). The van der Waals surface area contributed by atoms with Gasteiger partial charge in [-0.2, -0.15) is 0 Å². The Kier molecular flexibility index (Phi) is 5.52. The predicted octanol–water partition coefficient (Wildman–Crippen LogP) is 3.12. The molecule has 27 heavy (non-hydrogen) atoms. The average molecular weight is 381 g/mol. The second kappa shape index (κ2) is 8.01. The van der Waals surface area contributed by atoms with Gasteiger partial charge in [-0.25, -0.2) is 8.42 Å². The molecule has 0 radical (unpaired) electrons. The van der Waals surface area contributed by atoms with Gasteiger partial charge in [-0.1, -0.05) is 30.3 Å². The van der Waals surface area contributed by atoms with E-state index < -0.39 is 10.0 Å². The van der Waals surface area contributed by atoms with Gasteiger partial charge in [-0.3, -0.25) is 14.5 Å². The van der Waals surface area contributed by atoms with Crippen LogP contribution in [0.3, 0.4) is 0 Å². The molecule has 0 unspecified atom stereocenters. The van der Waals surface area contributed by atoms with Crippen molar-refractivity contribution in [3.8, 4) is 0 Å². The number of nitrogens with one attached hydrogen (secondary N) is 2. The summed E-state index contributed by atoms with van der Waals surface area (Å²) in [4.78, 5) is 16.7. The van der Waals surface area contributed by atoms with Crippen molar-refractivity contribution in [1.82, 2.24) is 10.3 Å². The molecule has 0 aliphatic heterocycles. The lowest BCUT2D eigenvalue weighted by molar-refractivity contribution is 0.0950. The van der Waals surface area contributed by atoms with Crippen LogP contribution in [0.15, 0.2) is 78.0 Å². The summed E-state index contributed by atoms with van der Waals surface area (Å²) in [7, 11) is -3.72. The summed E-state index contributed by atoms with van der Waals surface area (Å²) in [6.45, 7) is 2.05. The third-order valence-corrected chi connectivity index (χ3v) is 5.43. The third-order valence-electron chi connectivity index (χ3n) is 4.05. The molecule has 0 atom stereocenters. The Balaban J connectivity index is 1.78. The van der Waals surface area contributed by atoms with Gasteiger partial charge in [0.1, 0.15) is 0 Å². The molecule has 0 saturated carbocycles. The van der Waals surface area contributed by atoms with Crippen LogP contribution in [0.5, 0.6) is 0 Å². The van der Waals surface area contributed by atoms with Gasteiger partial charge >= 0.3 is 0 Å². The van der Waals surface area contributed by atoms with Crippen molar-refractivity contribution in [2.24, 2.45) is 0 Å². The van der Waals surface area contributed by atoms with Gasteiger partial charge in [0.05, 0.1) is 10.6 Å². The maximum atomic E-state index is 12.5. The van der Waals surface area contributed by atoms with E-state index in [9.17, 15) is 13.2 Å². The van der Waals surface area contributed by atoms with Crippen molar-refractivity contribution in [3.05, 3.63) is 89.7 Å². The first-order chi connectivity index (χ1) is 13.0. The number of carbonyl (C=O) groups excluding carboxylic acids is 1. The summed E-state index contributed by atoms with van der Waals surface area (Å²) in [5, 5.41) is 2.82. The van der Waals surface area contributed by atoms with E-state index in [1.165, 1.54) is 12.1 Å². The molecule has 2 aromatic carbocycles. The summed E-state index contributed by atoms with van der Waals surface area (Å²) >= 11 is 0. The van der Waals surface area contributed by atoms with Crippen LogP contribution in [-0.2, 0) is 16.6 Å². The van der Waals surface area contributed by atoms with Crippen molar-refractivity contribution in [2.45, 2.75) is 18.4 Å². The molecule has 7 heteroatoms. The molecule has 3 aromatic rings. The Bertz CT molecular complexity index is 1040. The lowest BCUT2D eigenvalue weighted by atomic mass is 10.1. The molecule has 1 heterocycles. The zero-order valence-electron chi connectivity index (χ0n) is 14.7. The average Bonchev–Trinajstić information content (AvgIpc) is 2.69. The molecule has 2 N–H and O–H groups in total. The molecule has 3 rings (SSSR count). The largest absolute Gasteiger partial charge is 0.348 e. The number of aromatic nitrogens is 1. The first-order valence-electron chi connectivity index (χ1n) is 8.32. The SMILES string of the molecule is Cc1c(NS(=O)(=O)c2ccccc2)cccc1C(=O)NCc1cccnc1. The van der Waals surface area contributed by atoms with Gasteiger partial charge in [0.2, 0.25) is 0 Å². The van der Waals surface area contributed by atoms with E-state index in [0.717, 1.165) is 5.56 Å².